The highest BCUT2D eigenvalue weighted by atomic mass is 19.1. The highest BCUT2D eigenvalue weighted by Gasteiger charge is 2.39. The Morgan fingerprint density at radius 2 is 2.00 bits per heavy atom. The third-order valence-electron chi connectivity index (χ3n) is 4.88. The largest absolute Gasteiger partial charge is 0.451 e. The minimum absolute atomic E-state index is 0.0172. The molecule has 2 heterocycles. The predicted octanol–water partition coefficient (Wildman–Crippen LogP) is 3.28. The molecule has 1 aliphatic rings. The van der Waals surface area contributed by atoms with Crippen LogP contribution in [0.25, 0.3) is 22.6 Å². The van der Waals surface area contributed by atoms with E-state index in [1.54, 1.807) is 0 Å². The number of nitrogens with one attached hydrogen (secondary N) is 1. The van der Waals surface area contributed by atoms with Gasteiger partial charge in [0, 0.05) is 19.1 Å². The summed E-state index contributed by atoms with van der Waals surface area (Å²) >= 11 is 0. The molecular formula is C19H18FN3O4. The molecule has 7 nitrogen and oxygen atoms in total. The Kier molecular flexibility index (Phi) is 4.25. The molecule has 2 aromatic heterocycles. The number of benzene rings is 1. The molecule has 4 rings (SSSR count). The number of aromatic nitrogens is 2. The lowest BCUT2D eigenvalue weighted by molar-refractivity contribution is -0.121. The number of carbonyl (C=O) groups is 1. The number of amides is 1. The van der Waals surface area contributed by atoms with Crippen molar-refractivity contribution in [3.8, 4) is 11.7 Å². The zero-order valence-electron chi connectivity index (χ0n) is 14.8. The summed E-state index contributed by atoms with van der Waals surface area (Å²) in [5, 5.41) is 7.26. The van der Waals surface area contributed by atoms with Gasteiger partial charge in [-0.25, -0.2) is 4.39 Å². The predicted molar refractivity (Wildman–Crippen MR) is 94.3 cm³/mol. The lowest BCUT2D eigenvalue weighted by atomic mass is 9.81. The second-order valence-electron chi connectivity index (χ2n) is 6.86. The molecule has 3 aromatic rings. The zero-order chi connectivity index (χ0) is 19.0. The Hall–Kier alpha value is -3.03. The summed E-state index contributed by atoms with van der Waals surface area (Å²) in [6.07, 6.45) is 4.37. The van der Waals surface area contributed by atoms with Crippen LogP contribution < -0.4 is 10.7 Å². The van der Waals surface area contributed by atoms with Gasteiger partial charge >= 0.3 is 0 Å². The van der Waals surface area contributed by atoms with Gasteiger partial charge in [-0.2, -0.15) is 4.98 Å². The van der Waals surface area contributed by atoms with E-state index in [-0.39, 0.29) is 34.0 Å². The molecule has 1 N–H and O–H groups in total. The lowest BCUT2D eigenvalue weighted by Gasteiger charge is -2.34. The second-order valence-corrected chi connectivity index (χ2v) is 6.86. The van der Waals surface area contributed by atoms with Crippen LogP contribution in [0.5, 0.6) is 0 Å². The number of nitrogens with zero attached hydrogens (tertiary/aromatic N) is 2. The van der Waals surface area contributed by atoms with Gasteiger partial charge in [-0.3, -0.25) is 9.59 Å². The number of hydrogen-bond donors (Lipinski definition) is 1. The van der Waals surface area contributed by atoms with Crippen molar-refractivity contribution >= 4 is 16.9 Å². The second kappa shape index (κ2) is 6.61. The van der Waals surface area contributed by atoms with Gasteiger partial charge < -0.3 is 14.3 Å². The van der Waals surface area contributed by atoms with Gasteiger partial charge in [0.15, 0.2) is 17.0 Å². The molecular weight excluding hydrogens is 353 g/mol. The topological polar surface area (TPSA) is 98.2 Å². The van der Waals surface area contributed by atoms with E-state index in [0.717, 1.165) is 25.3 Å². The van der Waals surface area contributed by atoms with Crippen molar-refractivity contribution in [2.45, 2.75) is 44.6 Å². The third-order valence-corrected chi connectivity index (χ3v) is 4.88. The summed E-state index contributed by atoms with van der Waals surface area (Å²) < 4.78 is 24.4. The van der Waals surface area contributed by atoms with Gasteiger partial charge in [0.1, 0.15) is 16.9 Å². The van der Waals surface area contributed by atoms with Crippen molar-refractivity contribution in [1.82, 2.24) is 15.5 Å². The highest BCUT2D eigenvalue weighted by molar-refractivity contribution is 5.78. The van der Waals surface area contributed by atoms with E-state index >= 15 is 0 Å². The van der Waals surface area contributed by atoms with Crippen molar-refractivity contribution in [2.24, 2.45) is 0 Å². The van der Waals surface area contributed by atoms with E-state index in [4.69, 9.17) is 8.94 Å². The van der Waals surface area contributed by atoms with E-state index in [2.05, 4.69) is 15.5 Å². The summed E-state index contributed by atoms with van der Waals surface area (Å²) in [5.74, 6) is -0.250. The molecule has 0 atom stereocenters. The quantitative estimate of drug-likeness (QED) is 0.759. The van der Waals surface area contributed by atoms with Crippen molar-refractivity contribution in [3.05, 3.63) is 46.1 Å². The lowest BCUT2D eigenvalue weighted by Crippen LogP contribution is -2.47. The van der Waals surface area contributed by atoms with Gasteiger partial charge in [-0.15, -0.1) is 0 Å². The fourth-order valence-electron chi connectivity index (χ4n) is 3.65. The van der Waals surface area contributed by atoms with Gasteiger partial charge in [-0.1, -0.05) is 24.4 Å². The summed E-state index contributed by atoms with van der Waals surface area (Å²) in [4.78, 5) is 28.4. The Labute approximate surface area is 153 Å². The van der Waals surface area contributed by atoms with Crippen LogP contribution in [0.4, 0.5) is 4.39 Å². The fourth-order valence-corrected chi connectivity index (χ4v) is 3.65. The molecule has 1 amide bonds. The molecule has 140 valence electrons. The maximum atomic E-state index is 13.5. The van der Waals surface area contributed by atoms with Gasteiger partial charge in [0.05, 0.1) is 5.39 Å². The van der Waals surface area contributed by atoms with Crippen LogP contribution in [0.3, 0.4) is 0 Å². The number of fused-ring (bicyclic) bond motifs is 1. The summed E-state index contributed by atoms with van der Waals surface area (Å²) in [6, 6.07) is 4.94. The first-order valence-electron chi connectivity index (χ1n) is 8.84. The molecule has 1 aromatic carbocycles. The molecule has 0 spiro atoms. The first kappa shape index (κ1) is 17.4. The Bertz CT molecular complexity index is 1070. The van der Waals surface area contributed by atoms with Crippen molar-refractivity contribution in [3.63, 3.8) is 0 Å². The van der Waals surface area contributed by atoms with Crippen LogP contribution in [0.15, 0.2) is 38.0 Å². The van der Waals surface area contributed by atoms with Crippen LogP contribution in [-0.4, -0.2) is 16.0 Å². The molecule has 0 radical (unpaired) electrons. The maximum Gasteiger partial charge on any atom is 0.293 e. The molecule has 1 aliphatic carbocycles. The van der Waals surface area contributed by atoms with E-state index in [1.807, 2.05) is 0 Å². The SMILES string of the molecule is CC(=O)NC1(c2noc(-c3cc(=O)c4ccc(F)cc4o3)n2)CCCCC1. The zero-order valence-corrected chi connectivity index (χ0v) is 14.8. The number of halogens is 1. The summed E-state index contributed by atoms with van der Waals surface area (Å²) in [7, 11) is 0. The van der Waals surface area contributed by atoms with Gasteiger partial charge in [0.25, 0.3) is 5.89 Å². The maximum absolute atomic E-state index is 13.5. The molecule has 0 bridgehead atoms. The van der Waals surface area contributed by atoms with Crippen LogP contribution >= 0.6 is 0 Å². The Morgan fingerprint density at radius 3 is 2.74 bits per heavy atom. The minimum Gasteiger partial charge on any atom is -0.451 e. The number of hydrogen-bond acceptors (Lipinski definition) is 6. The molecule has 27 heavy (non-hydrogen) atoms. The van der Waals surface area contributed by atoms with Crippen LogP contribution in [-0.2, 0) is 10.3 Å². The fraction of sp³-hybridized carbons (Fsp3) is 0.368. The normalized spacial score (nSPS) is 16.4. The molecule has 1 fully saturated rings. The number of carbonyl (C=O) groups excluding carboxylic acids is 1. The standard InChI is InChI=1S/C19H18FN3O4/c1-11(24)22-19(7-3-2-4-8-19)18-21-17(27-23-18)16-10-14(25)13-6-5-12(20)9-15(13)26-16/h5-6,9-10H,2-4,7-8H2,1H3,(H,22,24). The summed E-state index contributed by atoms with van der Waals surface area (Å²) in [5.41, 5.74) is -0.915. The first-order valence-corrected chi connectivity index (χ1v) is 8.84. The van der Waals surface area contributed by atoms with Gasteiger partial charge in [0.2, 0.25) is 5.91 Å². The molecule has 0 unspecified atom stereocenters. The average molecular weight is 371 g/mol. The van der Waals surface area contributed by atoms with Crippen LogP contribution in [0, 0.1) is 5.82 Å². The molecule has 0 saturated heterocycles. The van der Waals surface area contributed by atoms with E-state index in [9.17, 15) is 14.0 Å². The van der Waals surface area contributed by atoms with Crippen LogP contribution in [0.2, 0.25) is 0 Å². The van der Waals surface area contributed by atoms with Crippen molar-refractivity contribution < 1.29 is 18.1 Å². The van der Waals surface area contributed by atoms with E-state index in [0.29, 0.717) is 18.7 Å². The smallest absolute Gasteiger partial charge is 0.293 e. The highest BCUT2D eigenvalue weighted by Crippen LogP contribution is 2.36. The Balaban J connectivity index is 1.76. The molecule has 0 aliphatic heterocycles. The van der Waals surface area contributed by atoms with Crippen molar-refractivity contribution in [1.29, 1.82) is 0 Å². The Morgan fingerprint density at radius 1 is 1.22 bits per heavy atom. The van der Waals surface area contributed by atoms with E-state index < -0.39 is 11.4 Å². The average Bonchev–Trinajstić information content (AvgIpc) is 3.12. The number of rotatable bonds is 3. The molecule has 8 heteroatoms. The summed E-state index contributed by atoms with van der Waals surface area (Å²) in [6.45, 7) is 1.45. The van der Waals surface area contributed by atoms with Crippen LogP contribution in [0.1, 0.15) is 44.9 Å². The molecule has 1 saturated carbocycles. The first-order chi connectivity index (χ1) is 13.0. The van der Waals surface area contributed by atoms with Gasteiger partial charge in [-0.05, 0) is 25.0 Å². The van der Waals surface area contributed by atoms with Crippen molar-refractivity contribution in [2.75, 3.05) is 0 Å². The third kappa shape index (κ3) is 3.22. The van der Waals surface area contributed by atoms with E-state index in [1.165, 1.54) is 25.1 Å². The monoisotopic (exact) mass is 371 g/mol. The minimum atomic E-state index is -0.685.